The monoisotopic (exact) mass is 170 g/mol. The van der Waals surface area contributed by atoms with Crippen molar-refractivity contribution in [3.63, 3.8) is 0 Å². The molecule has 2 atom stereocenters. The van der Waals surface area contributed by atoms with Crippen molar-refractivity contribution in [3.05, 3.63) is 0 Å². The van der Waals surface area contributed by atoms with E-state index < -0.39 is 0 Å². The molecule has 1 saturated heterocycles. The normalized spacial score (nSPS) is 28.0. The Morgan fingerprint density at radius 1 is 1.42 bits per heavy atom. The van der Waals surface area contributed by atoms with Crippen LogP contribution in [0.2, 0.25) is 0 Å². The third kappa shape index (κ3) is 3.55. The molecular formula is C10H22N2. The average molecular weight is 170 g/mol. The lowest BCUT2D eigenvalue weighted by atomic mass is 10.0. The predicted molar refractivity (Wildman–Crippen MR) is 53.4 cm³/mol. The van der Waals surface area contributed by atoms with E-state index in [9.17, 15) is 0 Å². The van der Waals surface area contributed by atoms with Crippen LogP contribution >= 0.6 is 0 Å². The molecule has 0 amide bonds. The van der Waals surface area contributed by atoms with Crippen LogP contribution in [0.3, 0.4) is 0 Å². The van der Waals surface area contributed by atoms with Crippen LogP contribution < -0.4 is 10.6 Å². The lowest BCUT2D eigenvalue weighted by molar-refractivity contribution is 0.418. The molecule has 0 aromatic rings. The van der Waals surface area contributed by atoms with Crippen LogP contribution in [0.5, 0.6) is 0 Å². The molecular weight excluding hydrogens is 148 g/mol. The van der Waals surface area contributed by atoms with Crippen LogP contribution in [0.4, 0.5) is 0 Å². The molecule has 0 bridgehead atoms. The second-order valence-electron chi connectivity index (χ2n) is 3.93. The number of hydrogen-bond acceptors (Lipinski definition) is 2. The predicted octanol–water partition coefficient (Wildman–Crippen LogP) is 1.52. The van der Waals surface area contributed by atoms with E-state index in [1.807, 2.05) is 7.05 Å². The van der Waals surface area contributed by atoms with Crippen molar-refractivity contribution in [2.45, 2.75) is 51.1 Å². The highest BCUT2D eigenvalue weighted by molar-refractivity contribution is 4.74. The minimum Gasteiger partial charge on any atom is -0.317 e. The third-order valence-electron chi connectivity index (χ3n) is 2.79. The van der Waals surface area contributed by atoms with Gasteiger partial charge in [0.15, 0.2) is 0 Å². The van der Waals surface area contributed by atoms with E-state index in [-0.39, 0.29) is 0 Å². The fourth-order valence-corrected chi connectivity index (χ4v) is 1.85. The van der Waals surface area contributed by atoms with Crippen LogP contribution in [0.1, 0.15) is 39.0 Å². The summed E-state index contributed by atoms with van der Waals surface area (Å²) in [6.07, 6.45) is 6.83. The molecule has 1 fully saturated rings. The lowest BCUT2D eigenvalue weighted by Gasteiger charge is -2.19. The van der Waals surface area contributed by atoms with Gasteiger partial charge in [0.25, 0.3) is 0 Å². The van der Waals surface area contributed by atoms with Gasteiger partial charge in [-0.2, -0.15) is 0 Å². The summed E-state index contributed by atoms with van der Waals surface area (Å²) < 4.78 is 0. The van der Waals surface area contributed by atoms with Gasteiger partial charge in [-0.3, -0.25) is 0 Å². The molecule has 1 heterocycles. The molecule has 2 unspecified atom stereocenters. The second kappa shape index (κ2) is 5.55. The van der Waals surface area contributed by atoms with Crippen molar-refractivity contribution < 1.29 is 0 Å². The smallest absolute Gasteiger partial charge is 0.00817 e. The van der Waals surface area contributed by atoms with Crippen molar-refractivity contribution in [3.8, 4) is 0 Å². The maximum Gasteiger partial charge on any atom is 0.00817 e. The van der Waals surface area contributed by atoms with Crippen LogP contribution in [0.25, 0.3) is 0 Å². The topological polar surface area (TPSA) is 24.1 Å². The van der Waals surface area contributed by atoms with E-state index in [4.69, 9.17) is 0 Å². The minimum atomic E-state index is 0.653. The van der Waals surface area contributed by atoms with Gasteiger partial charge in [-0.15, -0.1) is 0 Å². The molecule has 0 aromatic heterocycles. The molecule has 0 aliphatic carbocycles. The van der Waals surface area contributed by atoms with E-state index in [0.29, 0.717) is 6.04 Å². The number of nitrogens with one attached hydrogen (secondary N) is 2. The summed E-state index contributed by atoms with van der Waals surface area (Å²) in [6, 6.07) is 1.41. The molecule has 1 aliphatic rings. The first kappa shape index (κ1) is 10.0. The Morgan fingerprint density at radius 2 is 2.25 bits per heavy atom. The summed E-state index contributed by atoms with van der Waals surface area (Å²) in [4.78, 5) is 0. The zero-order valence-corrected chi connectivity index (χ0v) is 8.40. The molecule has 0 spiro atoms. The van der Waals surface area contributed by atoms with Gasteiger partial charge in [0.2, 0.25) is 0 Å². The molecule has 0 radical (unpaired) electrons. The highest BCUT2D eigenvalue weighted by atomic mass is 14.9. The van der Waals surface area contributed by atoms with Gasteiger partial charge in [-0.1, -0.05) is 12.8 Å². The standard InChI is InChI=1S/C10H22N2/c1-9(11-2)8-10-6-4-3-5-7-12-10/h9-12H,3-8H2,1-2H3. The fourth-order valence-electron chi connectivity index (χ4n) is 1.85. The number of hydrogen-bond donors (Lipinski definition) is 2. The Hall–Kier alpha value is -0.0800. The molecule has 2 N–H and O–H groups in total. The molecule has 2 heteroatoms. The number of rotatable bonds is 3. The fraction of sp³-hybridized carbons (Fsp3) is 1.00. The third-order valence-corrected chi connectivity index (χ3v) is 2.79. The average Bonchev–Trinajstić information content (AvgIpc) is 2.33. The van der Waals surface area contributed by atoms with Gasteiger partial charge in [-0.25, -0.2) is 0 Å². The van der Waals surface area contributed by atoms with Gasteiger partial charge in [-0.05, 0) is 39.8 Å². The molecule has 1 rings (SSSR count). The van der Waals surface area contributed by atoms with Crippen LogP contribution in [0.15, 0.2) is 0 Å². The van der Waals surface area contributed by atoms with E-state index >= 15 is 0 Å². The van der Waals surface area contributed by atoms with E-state index in [0.717, 1.165) is 6.04 Å². The van der Waals surface area contributed by atoms with Gasteiger partial charge >= 0.3 is 0 Å². The Bertz CT molecular complexity index is 106. The van der Waals surface area contributed by atoms with Gasteiger partial charge in [0.1, 0.15) is 0 Å². The van der Waals surface area contributed by atoms with Gasteiger partial charge in [0, 0.05) is 12.1 Å². The SMILES string of the molecule is CNC(C)CC1CCCCCN1. The summed E-state index contributed by atoms with van der Waals surface area (Å²) in [5, 5.41) is 6.90. The van der Waals surface area contributed by atoms with E-state index in [1.165, 1.54) is 38.6 Å². The summed E-state index contributed by atoms with van der Waals surface area (Å²) in [6.45, 7) is 3.48. The van der Waals surface area contributed by atoms with Gasteiger partial charge in [0.05, 0.1) is 0 Å². The summed E-state index contributed by atoms with van der Waals surface area (Å²) in [5.74, 6) is 0. The van der Waals surface area contributed by atoms with Crippen molar-refractivity contribution in [2.24, 2.45) is 0 Å². The Morgan fingerprint density at radius 3 is 3.00 bits per heavy atom. The van der Waals surface area contributed by atoms with E-state index in [2.05, 4.69) is 17.6 Å². The first-order chi connectivity index (χ1) is 5.83. The molecule has 72 valence electrons. The lowest BCUT2D eigenvalue weighted by Crippen LogP contribution is -2.35. The van der Waals surface area contributed by atoms with Crippen molar-refractivity contribution >= 4 is 0 Å². The zero-order valence-electron chi connectivity index (χ0n) is 8.40. The second-order valence-corrected chi connectivity index (χ2v) is 3.93. The maximum absolute atomic E-state index is 3.61. The summed E-state index contributed by atoms with van der Waals surface area (Å²) in [7, 11) is 2.04. The molecule has 0 saturated carbocycles. The highest BCUT2D eigenvalue weighted by Gasteiger charge is 2.13. The summed E-state index contributed by atoms with van der Waals surface area (Å²) in [5.41, 5.74) is 0. The quantitative estimate of drug-likeness (QED) is 0.671. The van der Waals surface area contributed by atoms with Crippen molar-refractivity contribution in [1.82, 2.24) is 10.6 Å². The first-order valence-electron chi connectivity index (χ1n) is 5.23. The minimum absolute atomic E-state index is 0.653. The maximum atomic E-state index is 3.61. The largest absolute Gasteiger partial charge is 0.317 e. The van der Waals surface area contributed by atoms with Crippen LogP contribution in [0, 0.1) is 0 Å². The Kier molecular flexibility index (Phi) is 4.62. The Labute approximate surface area is 76.1 Å². The molecule has 0 aromatic carbocycles. The highest BCUT2D eigenvalue weighted by Crippen LogP contribution is 2.12. The van der Waals surface area contributed by atoms with Crippen LogP contribution in [-0.2, 0) is 0 Å². The summed E-state index contributed by atoms with van der Waals surface area (Å²) >= 11 is 0. The van der Waals surface area contributed by atoms with Gasteiger partial charge < -0.3 is 10.6 Å². The van der Waals surface area contributed by atoms with Crippen molar-refractivity contribution in [2.75, 3.05) is 13.6 Å². The Balaban J connectivity index is 2.20. The first-order valence-corrected chi connectivity index (χ1v) is 5.23. The van der Waals surface area contributed by atoms with Crippen molar-refractivity contribution in [1.29, 1.82) is 0 Å². The molecule has 12 heavy (non-hydrogen) atoms. The van der Waals surface area contributed by atoms with Crippen LogP contribution in [-0.4, -0.2) is 25.7 Å². The zero-order chi connectivity index (χ0) is 8.81. The molecule has 1 aliphatic heterocycles. The van der Waals surface area contributed by atoms with E-state index in [1.54, 1.807) is 0 Å². The molecule has 2 nitrogen and oxygen atoms in total.